The number of nitrogens with one attached hydrogen (secondary N) is 1. The van der Waals surface area contributed by atoms with E-state index in [1.807, 2.05) is 27.9 Å². The monoisotopic (exact) mass is 248 g/mol. The minimum absolute atomic E-state index is 0.311. The zero-order valence-electron chi connectivity index (χ0n) is 12.0. The first-order valence-corrected chi connectivity index (χ1v) is 6.23. The first-order chi connectivity index (χ1) is 8.40. The number of aryl methyl sites for hydroxylation is 1. The normalized spacial score (nSPS) is 11.8. The molecule has 4 heteroatoms. The fourth-order valence-corrected chi connectivity index (χ4v) is 1.65. The number of nitrogens with zero attached hydrogens (tertiary/aromatic N) is 2. The van der Waals surface area contributed by atoms with Gasteiger partial charge in [-0.15, -0.1) is 0 Å². The standard InChI is InChI=1S/C14H24N4/c1-10(2)17-14(15)16-9-12-6-7-13(18(4)5)8-11(12)3/h6-8,10H,9H2,1-5H3,(H3,15,16,17). The molecule has 100 valence electrons. The molecule has 4 nitrogen and oxygen atoms in total. The van der Waals surface area contributed by atoms with Gasteiger partial charge in [0.25, 0.3) is 0 Å². The van der Waals surface area contributed by atoms with E-state index in [9.17, 15) is 0 Å². The molecule has 1 rings (SSSR count). The summed E-state index contributed by atoms with van der Waals surface area (Å²) in [5.74, 6) is 0.501. The molecule has 0 fully saturated rings. The van der Waals surface area contributed by atoms with Gasteiger partial charge in [0.15, 0.2) is 5.96 Å². The topological polar surface area (TPSA) is 53.6 Å². The second-order valence-electron chi connectivity index (χ2n) is 5.01. The lowest BCUT2D eigenvalue weighted by molar-refractivity contribution is 0.723. The van der Waals surface area contributed by atoms with Crippen LogP contribution in [0.25, 0.3) is 0 Å². The molecule has 1 aromatic rings. The predicted octanol–water partition coefficient (Wildman–Crippen LogP) is 1.87. The Morgan fingerprint density at radius 3 is 2.56 bits per heavy atom. The largest absolute Gasteiger partial charge is 0.378 e. The molecule has 0 aliphatic rings. The molecule has 1 aromatic carbocycles. The number of aliphatic imine (C=N–C) groups is 1. The lowest BCUT2D eigenvalue weighted by Gasteiger charge is -2.14. The highest BCUT2D eigenvalue weighted by Gasteiger charge is 2.02. The zero-order chi connectivity index (χ0) is 13.7. The SMILES string of the molecule is Cc1cc(N(C)C)ccc1CN=C(N)NC(C)C. The third-order valence-electron chi connectivity index (χ3n) is 2.70. The summed E-state index contributed by atoms with van der Waals surface area (Å²) in [6, 6.07) is 6.68. The van der Waals surface area contributed by atoms with Crippen LogP contribution in [0, 0.1) is 6.92 Å². The van der Waals surface area contributed by atoms with E-state index in [0.717, 1.165) is 0 Å². The van der Waals surface area contributed by atoms with E-state index in [-0.39, 0.29) is 0 Å². The van der Waals surface area contributed by atoms with Crippen LogP contribution in [-0.4, -0.2) is 26.1 Å². The summed E-state index contributed by atoms with van der Waals surface area (Å²) in [5, 5.41) is 3.08. The van der Waals surface area contributed by atoms with Gasteiger partial charge < -0.3 is 16.0 Å². The molecule has 0 spiro atoms. The van der Waals surface area contributed by atoms with Crippen molar-refractivity contribution in [3.05, 3.63) is 29.3 Å². The first-order valence-electron chi connectivity index (χ1n) is 6.23. The highest BCUT2D eigenvalue weighted by Crippen LogP contribution is 2.17. The van der Waals surface area contributed by atoms with Gasteiger partial charge in [-0.05, 0) is 44.0 Å². The number of guanidine groups is 1. The average molecular weight is 248 g/mol. The van der Waals surface area contributed by atoms with Crippen molar-refractivity contribution in [3.8, 4) is 0 Å². The molecule has 0 saturated carbocycles. The minimum Gasteiger partial charge on any atom is -0.378 e. The molecule has 0 radical (unpaired) electrons. The van der Waals surface area contributed by atoms with Crippen molar-refractivity contribution in [2.24, 2.45) is 10.7 Å². The molecule has 18 heavy (non-hydrogen) atoms. The summed E-state index contributed by atoms with van der Waals surface area (Å²) >= 11 is 0. The van der Waals surface area contributed by atoms with E-state index < -0.39 is 0 Å². The fraction of sp³-hybridized carbons (Fsp3) is 0.500. The van der Waals surface area contributed by atoms with Crippen LogP contribution in [0.4, 0.5) is 5.69 Å². The molecular weight excluding hydrogens is 224 g/mol. The van der Waals surface area contributed by atoms with Crippen molar-refractivity contribution in [2.45, 2.75) is 33.4 Å². The summed E-state index contributed by atoms with van der Waals surface area (Å²) in [6.45, 7) is 6.80. The molecule has 0 saturated heterocycles. The number of hydrogen-bond acceptors (Lipinski definition) is 2. The Kier molecular flexibility index (Phi) is 5.01. The van der Waals surface area contributed by atoms with Crippen molar-refractivity contribution in [1.29, 1.82) is 0 Å². The Morgan fingerprint density at radius 1 is 1.39 bits per heavy atom. The Hall–Kier alpha value is -1.71. The maximum absolute atomic E-state index is 5.78. The zero-order valence-corrected chi connectivity index (χ0v) is 12.0. The average Bonchev–Trinajstić information content (AvgIpc) is 2.26. The Bertz CT molecular complexity index is 422. The van der Waals surface area contributed by atoms with Crippen LogP contribution < -0.4 is 16.0 Å². The molecule has 0 amide bonds. The Morgan fingerprint density at radius 2 is 2.06 bits per heavy atom. The van der Waals surface area contributed by atoms with Crippen LogP contribution in [0.3, 0.4) is 0 Å². The quantitative estimate of drug-likeness (QED) is 0.632. The Labute approximate surface area is 110 Å². The first kappa shape index (κ1) is 14.4. The number of benzene rings is 1. The molecule has 0 bridgehead atoms. The second-order valence-corrected chi connectivity index (χ2v) is 5.01. The van der Waals surface area contributed by atoms with Gasteiger partial charge in [-0.3, -0.25) is 0 Å². The van der Waals surface area contributed by atoms with E-state index in [0.29, 0.717) is 18.5 Å². The molecule has 3 N–H and O–H groups in total. The van der Waals surface area contributed by atoms with Crippen molar-refractivity contribution < 1.29 is 0 Å². The fourth-order valence-electron chi connectivity index (χ4n) is 1.65. The predicted molar refractivity (Wildman–Crippen MR) is 79.1 cm³/mol. The van der Waals surface area contributed by atoms with Crippen molar-refractivity contribution in [1.82, 2.24) is 5.32 Å². The molecule has 0 aliphatic heterocycles. The van der Waals surface area contributed by atoms with E-state index >= 15 is 0 Å². The van der Waals surface area contributed by atoms with Gasteiger partial charge in [-0.1, -0.05) is 6.07 Å². The summed E-state index contributed by atoms with van der Waals surface area (Å²) in [7, 11) is 4.08. The smallest absolute Gasteiger partial charge is 0.189 e. The molecule has 0 unspecified atom stereocenters. The van der Waals surface area contributed by atoms with Crippen molar-refractivity contribution in [2.75, 3.05) is 19.0 Å². The van der Waals surface area contributed by atoms with Crippen LogP contribution in [0.15, 0.2) is 23.2 Å². The lowest BCUT2D eigenvalue weighted by Crippen LogP contribution is -2.36. The molecule has 0 atom stereocenters. The van der Waals surface area contributed by atoms with E-state index in [2.05, 4.69) is 40.3 Å². The lowest BCUT2D eigenvalue weighted by atomic mass is 10.1. The van der Waals surface area contributed by atoms with Crippen LogP contribution >= 0.6 is 0 Å². The highest BCUT2D eigenvalue weighted by atomic mass is 15.1. The van der Waals surface area contributed by atoms with Crippen molar-refractivity contribution >= 4 is 11.6 Å². The van der Waals surface area contributed by atoms with Gasteiger partial charge in [0, 0.05) is 25.8 Å². The maximum Gasteiger partial charge on any atom is 0.189 e. The van der Waals surface area contributed by atoms with Crippen LogP contribution in [0.1, 0.15) is 25.0 Å². The third kappa shape index (κ3) is 4.28. The minimum atomic E-state index is 0.311. The number of nitrogens with two attached hydrogens (primary N) is 1. The number of hydrogen-bond donors (Lipinski definition) is 2. The van der Waals surface area contributed by atoms with E-state index in [1.54, 1.807) is 0 Å². The third-order valence-corrected chi connectivity index (χ3v) is 2.70. The van der Waals surface area contributed by atoms with Gasteiger partial charge in [-0.2, -0.15) is 0 Å². The van der Waals surface area contributed by atoms with Gasteiger partial charge >= 0.3 is 0 Å². The van der Waals surface area contributed by atoms with E-state index in [1.165, 1.54) is 16.8 Å². The van der Waals surface area contributed by atoms with Crippen LogP contribution in [-0.2, 0) is 6.54 Å². The van der Waals surface area contributed by atoms with Crippen molar-refractivity contribution in [3.63, 3.8) is 0 Å². The van der Waals surface area contributed by atoms with Crippen LogP contribution in [0.2, 0.25) is 0 Å². The molecule has 0 aromatic heterocycles. The van der Waals surface area contributed by atoms with Gasteiger partial charge in [0.2, 0.25) is 0 Å². The van der Waals surface area contributed by atoms with Gasteiger partial charge in [0.1, 0.15) is 0 Å². The second kappa shape index (κ2) is 6.28. The summed E-state index contributed by atoms with van der Waals surface area (Å²) in [5.41, 5.74) is 9.42. The van der Waals surface area contributed by atoms with E-state index in [4.69, 9.17) is 5.73 Å². The molecular formula is C14H24N4. The highest BCUT2D eigenvalue weighted by molar-refractivity contribution is 5.78. The summed E-state index contributed by atoms with van der Waals surface area (Å²) in [4.78, 5) is 6.43. The summed E-state index contributed by atoms with van der Waals surface area (Å²) < 4.78 is 0. The number of rotatable bonds is 4. The molecule has 0 heterocycles. The van der Waals surface area contributed by atoms with Gasteiger partial charge in [0.05, 0.1) is 6.54 Å². The molecule has 0 aliphatic carbocycles. The Balaban J connectivity index is 2.74. The summed E-state index contributed by atoms with van der Waals surface area (Å²) in [6.07, 6.45) is 0. The van der Waals surface area contributed by atoms with Gasteiger partial charge in [-0.25, -0.2) is 4.99 Å². The number of anilines is 1. The maximum atomic E-state index is 5.78. The van der Waals surface area contributed by atoms with Crippen LogP contribution in [0.5, 0.6) is 0 Å².